The standard InChI is InChI=1S/C11H6Cl2N2O3/c12-7-5-6-14-11(13)10(7)18-9-4-2-1-3-8(9)15(16)17/h1-6H. The summed E-state index contributed by atoms with van der Waals surface area (Å²) in [4.78, 5) is 14.1. The molecule has 1 heterocycles. The molecular formula is C11H6Cl2N2O3. The molecule has 0 fully saturated rings. The van der Waals surface area contributed by atoms with Gasteiger partial charge in [0.05, 0.1) is 9.95 Å². The molecule has 0 amide bonds. The van der Waals surface area contributed by atoms with Gasteiger partial charge < -0.3 is 4.74 Å². The van der Waals surface area contributed by atoms with Crippen LogP contribution in [0.5, 0.6) is 11.5 Å². The fourth-order valence-corrected chi connectivity index (χ4v) is 1.73. The summed E-state index contributed by atoms with van der Waals surface area (Å²) in [7, 11) is 0. The summed E-state index contributed by atoms with van der Waals surface area (Å²) in [5, 5.41) is 11.1. The van der Waals surface area contributed by atoms with Crippen LogP contribution in [0.25, 0.3) is 0 Å². The molecule has 0 spiro atoms. The van der Waals surface area contributed by atoms with E-state index in [1.807, 2.05) is 0 Å². The number of ether oxygens (including phenoxy) is 1. The zero-order chi connectivity index (χ0) is 13.1. The van der Waals surface area contributed by atoms with Crippen molar-refractivity contribution in [1.82, 2.24) is 4.98 Å². The summed E-state index contributed by atoms with van der Waals surface area (Å²) in [5.74, 6) is 0.148. The molecular weight excluding hydrogens is 279 g/mol. The van der Waals surface area contributed by atoms with Crippen LogP contribution in [0.15, 0.2) is 36.5 Å². The summed E-state index contributed by atoms with van der Waals surface area (Å²) in [6.45, 7) is 0. The van der Waals surface area contributed by atoms with E-state index in [0.717, 1.165) is 0 Å². The number of rotatable bonds is 3. The average molecular weight is 285 g/mol. The van der Waals surface area contributed by atoms with E-state index < -0.39 is 4.92 Å². The first kappa shape index (κ1) is 12.6. The molecule has 0 N–H and O–H groups in total. The SMILES string of the molecule is O=[N+]([O-])c1ccccc1Oc1c(Cl)ccnc1Cl. The van der Waals surface area contributed by atoms with E-state index in [0.29, 0.717) is 0 Å². The summed E-state index contributed by atoms with van der Waals surface area (Å²) in [6.07, 6.45) is 1.41. The van der Waals surface area contributed by atoms with E-state index in [1.54, 1.807) is 6.07 Å². The zero-order valence-corrected chi connectivity index (χ0v) is 10.4. The molecule has 0 radical (unpaired) electrons. The van der Waals surface area contributed by atoms with Gasteiger partial charge in [0.2, 0.25) is 5.75 Å². The Balaban J connectivity index is 2.43. The van der Waals surface area contributed by atoms with Crippen molar-refractivity contribution >= 4 is 28.9 Å². The largest absolute Gasteiger partial charge is 0.445 e. The minimum atomic E-state index is -0.548. The van der Waals surface area contributed by atoms with Crippen molar-refractivity contribution in [3.63, 3.8) is 0 Å². The molecule has 0 saturated heterocycles. The first-order valence-electron chi connectivity index (χ1n) is 4.81. The fourth-order valence-electron chi connectivity index (χ4n) is 1.30. The number of hydrogen-bond donors (Lipinski definition) is 0. The van der Waals surface area contributed by atoms with Crippen LogP contribution in [0.2, 0.25) is 10.2 Å². The normalized spacial score (nSPS) is 10.1. The van der Waals surface area contributed by atoms with Crippen LogP contribution in [-0.4, -0.2) is 9.91 Å². The van der Waals surface area contributed by atoms with Gasteiger partial charge in [-0.2, -0.15) is 0 Å². The van der Waals surface area contributed by atoms with Gasteiger partial charge in [0.25, 0.3) is 0 Å². The van der Waals surface area contributed by atoms with Crippen LogP contribution in [-0.2, 0) is 0 Å². The molecule has 0 aliphatic heterocycles. The Bertz CT molecular complexity index is 584. The summed E-state index contributed by atoms with van der Waals surface area (Å²) < 4.78 is 5.36. The maximum atomic E-state index is 10.8. The predicted molar refractivity (Wildman–Crippen MR) is 67.4 cm³/mol. The second-order valence-corrected chi connectivity index (χ2v) is 4.00. The molecule has 0 aliphatic rings. The lowest BCUT2D eigenvalue weighted by Crippen LogP contribution is -1.94. The van der Waals surface area contributed by atoms with Crippen molar-refractivity contribution in [1.29, 1.82) is 0 Å². The molecule has 7 heteroatoms. The smallest absolute Gasteiger partial charge is 0.311 e. The number of pyridine rings is 1. The highest BCUT2D eigenvalue weighted by molar-refractivity contribution is 6.36. The van der Waals surface area contributed by atoms with E-state index in [9.17, 15) is 10.1 Å². The maximum Gasteiger partial charge on any atom is 0.311 e. The van der Waals surface area contributed by atoms with Crippen molar-refractivity contribution in [2.75, 3.05) is 0 Å². The molecule has 2 aromatic rings. The molecule has 0 atom stereocenters. The van der Waals surface area contributed by atoms with Crippen LogP contribution in [0.3, 0.4) is 0 Å². The van der Waals surface area contributed by atoms with Gasteiger partial charge >= 0.3 is 5.69 Å². The van der Waals surface area contributed by atoms with Gasteiger partial charge in [-0.25, -0.2) is 4.98 Å². The Morgan fingerprint density at radius 1 is 1.22 bits per heavy atom. The summed E-state index contributed by atoms with van der Waals surface area (Å²) in [6, 6.07) is 7.42. The number of aromatic nitrogens is 1. The molecule has 18 heavy (non-hydrogen) atoms. The van der Waals surface area contributed by atoms with Crippen LogP contribution >= 0.6 is 23.2 Å². The first-order chi connectivity index (χ1) is 8.59. The highest BCUT2D eigenvalue weighted by Crippen LogP contribution is 2.37. The number of benzene rings is 1. The van der Waals surface area contributed by atoms with Gasteiger partial charge in [0.15, 0.2) is 10.9 Å². The van der Waals surface area contributed by atoms with Crippen molar-refractivity contribution in [2.45, 2.75) is 0 Å². The highest BCUT2D eigenvalue weighted by Gasteiger charge is 2.17. The second-order valence-electron chi connectivity index (χ2n) is 3.24. The van der Waals surface area contributed by atoms with Gasteiger partial charge in [-0.15, -0.1) is 0 Å². The van der Waals surface area contributed by atoms with Crippen molar-refractivity contribution in [3.8, 4) is 11.5 Å². The van der Waals surface area contributed by atoms with E-state index in [-0.39, 0.29) is 27.4 Å². The maximum absolute atomic E-state index is 10.8. The van der Waals surface area contributed by atoms with Gasteiger partial charge in [-0.1, -0.05) is 35.3 Å². The van der Waals surface area contributed by atoms with Gasteiger partial charge in [-0.3, -0.25) is 10.1 Å². The molecule has 92 valence electrons. The second kappa shape index (κ2) is 5.20. The topological polar surface area (TPSA) is 65.3 Å². The molecule has 5 nitrogen and oxygen atoms in total. The predicted octanol–water partition coefficient (Wildman–Crippen LogP) is 4.09. The van der Waals surface area contributed by atoms with E-state index in [4.69, 9.17) is 27.9 Å². The van der Waals surface area contributed by atoms with E-state index in [2.05, 4.69) is 4.98 Å². The third-order valence-corrected chi connectivity index (χ3v) is 2.65. The molecule has 0 saturated carbocycles. The minimum absolute atomic E-state index is 0.0423. The average Bonchev–Trinajstić information content (AvgIpc) is 2.34. The van der Waals surface area contributed by atoms with Gasteiger partial charge in [-0.05, 0) is 12.1 Å². The summed E-state index contributed by atoms with van der Waals surface area (Å²) in [5.41, 5.74) is -0.173. The lowest BCUT2D eigenvalue weighted by atomic mass is 10.3. The van der Waals surface area contributed by atoms with Crippen LogP contribution in [0.1, 0.15) is 0 Å². The molecule has 1 aromatic carbocycles. The first-order valence-corrected chi connectivity index (χ1v) is 5.56. The lowest BCUT2D eigenvalue weighted by molar-refractivity contribution is -0.385. The van der Waals surface area contributed by atoms with Crippen LogP contribution in [0, 0.1) is 10.1 Å². The molecule has 0 bridgehead atoms. The van der Waals surface area contributed by atoms with Crippen LogP contribution in [0.4, 0.5) is 5.69 Å². The summed E-state index contributed by atoms with van der Waals surface area (Å²) >= 11 is 11.7. The van der Waals surface area contributed by atoms with E-state index in [1.165, 1.54) is 30.5 Å². The number of nitrogens with zero attached hydrogens (tertiary/aromatic N) is 2. The van der Waals surface area contributed by atoms with E-state index >= 15 is 0 Å². The highest BCUT2D eigenvalue weighted by atomic mass is 35.5. The Labute approximate surface area is 112 Å². The lowest BCUT2D eigenvalue weighted by Gasteiger charge is -2.08. The van der Waals surface area contributed by atoms with Crippen LogP contribution < -0.4 is 4.74 Å². The van der Waals surface area contributed by atoms with Gasteiger partial charge in [0.1, 0.15) is 0 Å². The Hall–Kier alpha value is -1.85. The third-order valence-electron chi connectivity index (χ3n) is 2.09. The quantitative estimate of drug-likeness (QED) is 0.484. The number of nitro groups is 1. The Kier molecular flexibility index (Phi) is 3.64. The monoisotopic (exact) mass is 284 g/mol. The number of nitro benzene ring substituents is 1. The fraction of sp³-hybridized carbons (Fsp3) is 0. The molecule has 0 unspecified atom stereocenters. The third kappa shape index (κ3) is 2.52. The number of hydrogen-bond acceptors (Lipinski definition) is 4. The Morgan fingerprint density at radius 2 is 1.94 bits per heavy atom. The molecule has 0 aliphatic carbocycles. The number of para-hydroxylation sites is 2. The van der Waals surface area contributed by atoms with Crippen molar-refractivity contribution in [2.24, 2.45) is 0 Å². The zero-order valence-electron chi connectivity index (χ0n) is 8.84. The number of halogens is 2. The van der Waals surface area contributed by atoms with Crippen molar-refractivity contribution < 1.29 is 9.66 Å². The van der Waals surface area contributed by atoms with Crippen molar-refractivity contribution in [3.05, 3.63) is 56.8 Å². The minimum Gasteiger partial charge on any atom is -0.445 e. The molecule has 2 rings (SSSR count). The van der Waals surface area contributed by atoms with Gasteiger partial charge in [0, 0.05) is 12.3 Å². The molecule has 1 aromatic heterocycles. The Morgan fingerprint density at radius 3 is 2.61 bits per heavy atom.